The van der Waals surface area contributed by atoms with Crippen molar-refractivity contribution in [1.82, 2.24) is 14.8 Å². The third kappa shape index (κ3) is 2.98. The Bertz CT molecular complexity index is 491. The van der Waals surface area contributed by atoms with Gasteiger partial charge >= 0.3 is 0 Å². The molecule has 0 aliphatic rings. The second kappa shape index (κ2) is 5.20. The van der Waals surface area contributed by atoms with Crippen LogP contribution in [0.25, 0.3) is 0 Å². The molecule has 2 aromatic heterocycles. The number of hydrazine groups is 1. The van der Waals surface area contributed by atoms with Crippen LogP contribution in [-0.2, 0) is 12.8 Å². The first kappa shape index (κ1) is 11.9. The van der Waals surface area contributed by atoms with Gasteiger partial charge in [0.05, 0.1) is 10.7 Å². The Labute approximate surface area is 104 Å². The molecule has 0 saturated heterocycles. The molecule has 0 radical (unpaired) electrons. The summed E-state index contributed by atoms with van der Waals surface area (Å²) in [5.74, 6) is 6.81. The number of pyridine rings is 1. The third-order valence-electron chi connectivity index (χ3n) is 2.32. The van der Waals surface area contributed by atoms with Crippen molar-refractivity contribution in [1.29, 1.82) is 0 Å². The summed E-state index contributed by atoms with van der Waals surface area (Å²) in [4.78, 5) is 4.17. The highest BCUT2D eigenvalue weighted by atomic mass is 32.2. The average molecular weight is 249 g/mol. The van der Waals surface area contributed by atoms with Gasteiger partial charge in [-0.3, -0.25) is 4.68 Å². The van der Waals surface area contributed by atoms with E-state index in [-0.39, 0.29) is 0 Å². The highest BCUT2D eigenvalue weighted by Crippen LogP contribution is 2.22. The van der Waals surface area contributed by atoms with Crippen LogP contribution in [0.5, 0.6) is 0 Å². The number of nitrogens with zero attached hydrogens (tertiary/aromatic N) is 3. The van der Waals surface area contributed by atoms with E-state index in [0.29, 0.717) is 5.82 Å². The summed E-state index contributed by atoms with van der Waals surface area (Å²) in [6.45, 7) is 1.99. The van der Waals surface area contributed by atoms with Crippen molar-refractivity contribution in [2.75, 3.05) is 5.43 Å². The monoisotopic (exact) mass is 249 g/mol. The maximum Gasteiger partial charge on any atom is 0.139 e. The molecule has 17 heavy (non-hydrogen) atoms. The maximum absolute atomic E-state index is 5.26. The molecule has 0 aromatic carbocycles. The van der Waals surface area contributed by atoms with Gasteiger partial charge in [0, 0.05) is 19.0 Å². The number of aromatic nitrogens is 3. The largest absolute Gasteiger partial charge is 0.308 e. The van der Waals surface area contributed by atoms with Crippen LogP contribution in [-0.4, -0.2) is 14.8 Å². The molecule has 0 saturated carbocycles. The zero-order valence-corrected chi connectivity index (χ0v) is 10.7. The molecule has 2 aromatic rings. The highest BCUT2D eigenvalue weighted by molar-refractivity contribution is 7.98. The molecule has 0 atom stereocenters. The van der Waals surface area contributed by atoms with Gasteiger partial charge in [0.25, 0.3) is 0 Å². The number of hydrogen-bond donors (Lipinski definition) is 2. The van der Waals surface area contributed by atoms with Gasteiger partial charge < -0.3 is 5.43 Å². The van der Waals surface area contributed by atoms with Crippen molar-refractivity contribution in [3.8, 4) is 0 Å². The summed E-state index contributed by atoms with van der Waals surface area (Å²) in [7, 11) is 1.95. The minimum Gasteiger partial charge on any atom is -0.308 e. The molecule has 3 N–H and O–H groups in total. The van der Waals surface area contributed by atoms with E-state index in [2.05, 4.69) is 21.6 Å². The van der Waals surface area contributed by atoms with Gasteiger partial charge in [0.2, 0.25) is 0 Å². The fraction of sp³-hybridized carbons (Fsp3) is 0.273. The van der Waals surface area contributed by atoms with E-state index in [1.165, 1.54) is 0 Å². The topological polar surface area (TPSA) is 68.8 Å². The van der Waals surface area contributed by atoms with Gasteiger partial charge in [-0.15, -0.1) is 11.8 Å². The molecule has 0 spiro atoms. The molecule has 0 aliphatic heterocycles. The molecule has 0 bridgehead atoms. The van der Waals surface area contributed by atoms with Gasteiger partial charge in [-0.05, 0) is 24.6 Å². The normalized spacial score (nSPS) is 10.5. The molecule has 2 rings (SSSR count). The fourth-order valence-corrected chi connectivity index (χ4v) is 2.44. The molecule has 0 unspecified atom stereocenters. The molecule has 0 fully saturated rings. The van der Waals surface area contributed by atoms with E-state index in [1.807, 2.05) is 37.0 Å². The van der Waals surface area contributed by atoms with Crippen molar-refractivity contribution >= 4 is 17.6 Å². The Kier molecular flexibility index (Phi) is 3.65. The van der Waals surface area contributed by atoms with Crippen LogP contribution in [0, 0.1) is 6.92 Å². The standard InChI is InChI=1S/C11H15N5S/c1-8-5-11(16(2)15-8)17-7-9-3-4-10(14-12)13-6-9/h3-6H,7,12H2,1-2H3,(H,13,14). The lowest BCUT2D eigenvalue weighted by Gasteiger charge is -2.03. The molecular weight excluding hydrogens is 234 g/mol. The van der Waals surface area contributed by atoms with Crippen LogP contribution in [0.4, 0.5) is 5.82 Å². The molecule has 0 aliphatic carbocycles. The number of thioether (sulfide) groups is 1. The molecular formula is C11H15N5S. The summed E-state index contributed by atoms with van der Waals surface area (Å²) >= 11 is 1.74. The summed E-state index contributed by atoms with van der Waals surface area (Å²) in [5.41, 5.74) is 4.71. The van der Waals surface area contributed by atoms with Crippen LogP contribution in [0.1, 0.15) is 11.3 Å². The number of nitrogens with two attached hydrogens (primary N) is 1. The summed E-state index contributed by atoms with van der Waals surface area (Å²) in [6, 6.07) is 5.96. The minimum atomic E-state index is 0.676. The van der Waals surface area contributed by atoms with Crippen molar-refractivity contribution in [2.24, 2.45) is 12.9 Å². The van der Waals surface area contributed by atoms with Crippen LogP contribution in [0.3, 0.4) is 0 Å². The predicted molar refractivity (Wildman–Crippen MR) is 69.6 cm³/mol. The second-order valence-electron chi connectivity index (χ2n) is 3.73. The van der Waals surface area contributed by atoms with E-state index < -0.39 is 0 Å². The van der Waals surface area contributed by atoms with E-state index in [4.69, 9.17) is 5.84 Å². The first-order chi connectivity index (χ1) is 8.19. The van der Waals surface area contributed by atoms with Gasteiger partial charge in [0.15, 0.2) is 0 Å². The first-order valence-electron chi connectivity index (χ1n) is 5.24. The Morgan fingerprint density at radius 3 is 2.82 bits per heavy atom. The molecule has 6 heteroatoms. The molecule has 2 heterocycles. The number of hydrogen-bond acceptors (Lipinski definition) is 5. The maximum atomic E-state index is 5.26. The SMILES string of the molecule is Cc1cc(SCc2ccc(NN)nc2)n(C)n1. The van der Waals surface area contributed by atoms with Crippen molar-refractivity contribution < 1.29 is 0 Å². The van der Waals surface area contributed by atoms with Crippen molar-refractivity contribution in [3.63, 3.8) is 0 Å². The van der Waals surface area contributed by atoms with Gasteiger partial charge in [0.1, 0.15) is 5.82 Å². The fourth-order valence-electron chi connectivity index (χ4n) is 1.47. The second-order valence-corrected chi connectivity index (χ2v) is 4.73. The van der Waals surface area contributed by atoms with Gasteiger partial charge in [-0.1, -0.05) is 6.07 Å². The summed E-state index contributed by atoms with van der Waals surface area (Å²) < 4.78 is 1.89. The molecule has 5 nitrogen and oxygen atoms in total. The van der Waals surface area contributed by atoms with E-state index in [0.717, 1.165) is 22.0 Å². The quantitative estimate of drug-likeness (QED) is 0.490. The van der Waals surface area contributed by atoms with Crippen LogP contribution in [0.2, 0.25) is 0 Å². The lowest BCUT2D eigenvalue weighted by molar-refractivity contribution is 0.692. The number of nitrogens with one attached hydrogen (secondary N) is 1. The Morgan fingerprint density at radius 2 is 2.29 bits per heavy atom. The van der Waals surface area contributed by atoms with Gasteiger partial charge in [-0.2, -0.15) is 5.10 Å². The number of aryl methyl sites for hydroxylation is 2. The van der Waals surface area contributed by atoms with E-state index in [9.17, 15) is 0 Å². The molecule has 90 valence electrons. The zero-order chi connectivity index (χ0) is 12.3. The third-order valence-corrected chi connectivity index (χ3v) is 3.47. The highest BCUT2D eigenvalue weighted by Gasteiger charge is 2.03. The Balaban J connectivity index is 1.99. The Hall–Kier alpha value is -1.53. The van der Waals surface area contributed by atoms with Crippen LogP contribution >= 0.6 is 11.8 Å². The summed E-state index contributed by atoms with van der Waals surface area (Å²) in [5, 5.41) is 5.46. The van der Waals surface area contributed by atoms with Crippen molar-refractivity contribution in [2.45, 2.75) is 17.7 Å². The number of rotatable bonds is 4. The smallest absolute Gasteiger partial charge is 0.139 e. The average Bonchev–Trinajstić information content (AvgIpc) is 2.66. The van der Waals surface area contributed by atoms with Gasteiger partial charge in [-0.25, -0.2) is 10.8 Å². The number of nitrogen functional groups attached to an aromatic ring is 1. The van der Waals surface area contributed by atoms with Crippen LogP contribution < -0.4 is 11.3 Å². The van der Waals surface area contributed by atoms with E-state index in [1.54, 1.807) is 11.8 Å². The Morgan fingerprint density at radius 1 is 1.47 bits per heavy atom. The van der Waals surface area contributed by atoms with Crippen molar-refractivity contribution in [3.05, 3.63) is 35.7 Å². The lowest BCUT2D eigenvalue weighted by Crippen LogP contribution is -2.08. The van der Waals surface area contributed by atoms with Crippen LogP contribution in [0.15, 0.2) is 29.4 Å². The zero-order valence-electron chi connectivity index (χ0n) is 9.84. The molecule has 0 amide bonds. The lowest BCUT2D eigenvalue weighted by atomic mass is 10.3. The predicted octanol–water partition coefficient (Wildman–Crippen LogP) is 1.70. The summed E-state index contributed by atoms with van der Waals surface area (Å²) in [6.07, 6.45) is 1.82. The first-order valence-corrected chi connectivity index (χ1v) is 6.22. The number of anilines is 1. The van der Waals surface area contributed by atoms with E-state index >= 15 is 0 Å². The minimum absolute atomic E-state index is 0.676.